The van der Waals surface area contributed by atoms with Gasteiger partial charge in [0.05, 0.1) is 34.0 Å². The lowest BCUT2D eigenvalue weighted by Gasteiger charge is -2.36. The van der Waals surface area contributed by atoms with Gasteiger partial charge in [-0.1, -0.05) is 48.4 Å². The highest BCUT2D eigenvalue weighted by molar-refractivity contribution is 7.88. The zero-order valence-electron chi connectivity index (χ0n) is 35.3. The van der Waals surface area contributed by atoms with Gasteiger partial charge in [-0.15, -0.1) is 0 Å². The van der Waals surface area contributed by atoms with Crippen LogP contribution in [0.2, 0.25) is 5.02 Å². The Morgan fingerprint density at radius 2 is 1.58 bits per heavy atom. The number of esters is 1. The third-order valence-corrected chi connectivity index (χ3v) is 14.2. The lowest BCUT2D eigenvalue weighted by Crippen LogP contribution is -2.38. The van der Waals surface area contributed by atoms with Crippen molar-refractivity contribution in [3.63, 3.8) is 0 Å². The summed E-state index contributed by atoms with van der Waals surface area (Å²) >= 11 is 7.15. The molecule has 4 heterocycles. The second kappa shape index (κ2) is 17.3. The van der Waals surface area contributed by atoms with E-state index in [0.29, 0.717) is 79.0 Å². The normalized spacial score (nSPS) is 15.4. The Labute approximate surface area is 380 Å². The number of piperidine rings is 1. The summed E-state index contributed by atoms with van der Waals surface area (Å²) in [5.41, 5.74) is 4.34. The second-order valence-electron chi connectivity index (χ2n) is 16.6. The Balaban J connectivity index is 0.807. The number of aromatic nitrogens is 1. The maximum absolute atomic E-state index is 13.5. The van der Waals surface area contributed by atoms with Crippen molar-refractivity contribution in [3.8, 4) is 40.2 Å². The molecule has 16 heteroatoms. The van der Waals surface area contributed by atoms with Gasteiger partial charge in [0.15, 0.2) is 5.60 Å². The number of nitrogens with one attached hydrogen (secondary N) is 2. The van der Waals surface area contributed by atoms with Gasteiger partial charge in [-0.05, 0) is 85.3 Å². The summed E-state index contributed by atoms with van der Waals surface area (Å²) in [6, 6.07) is 27.2. The number of phenols is 2. The number of sulfonamides is 1. The van der Waals surface area contributed by atoms with E-state index in [4.69, 9.17) is 21.1 Å². The van der Waals surface area contributed by atoms with Gasteiger partial charge in [0.2, 0.25) is 15.9 Å². The van der Waals surface area contributed by atoms with Crippen LogP contribution in [-0.2, 0) is 31.7 Å². The minimum absolute atomic E-state index is 0.0138. The highest BCUT2D eigenvalue weighted by Crippen LogP contribution is 2.57. The molecule has 1 fully saturated rings. The monoisotopic (exact) mass is 913 g/mol. The number of aromatic hydroxyl groups is 2. The first-order valence-electron chi connectivity index (χ1n) is 21.3. The maximum Gasteiger partial charge on any atom is 0.340 e. The number of nitrogens with zero attached hydrogens (tertiary/aromatic N) is 3. The van der Waals surface area contributed by atoms with E-state index in [0.717, 1.165) is 27.6 Å². The molecule has 1 aromatic heterocycles. The molecule has 0 atom stereocenters. The second-order valence-corrected chi connectivity index (χ2v) is 19.0. The summed E-state index contributed by atoms with van der Waals surface area (Å²) in [5.74, 6) is -0.735. The number of benzene rings is 5. The molecule has 332 valence electrons. The average molecular weight is 914 g/mol. The summed E-state index contributed by atoms with van der Waals surface area (Å²) in [6.45, 7) is 1.33. The molecule has 1 saturated heterocycles. The Kier molecular flexibility index (Phi) is 11.5. The van der Waals surface area contributed by atoms with Gasteiger partial charge in [-0.2, -0.15) is 5.26 Å². The number of amides is 2. The molecule has 0 radical (unpaired) electrons. The first-order valence-corrected chi connectivity index (χ1v) is 23.5. The predicted octanol–water partition coefficient (Wildman–Crippen LogP) is 8.02. The molecule has 14 nitrogen and oxygen atoms in total. The van der Waals surface area contributed by atoms with Crippen LogP contribution in [0.3, 0.4) is 0 Å². The van der Waals surface area contributed by atoms with Crippen molar-refractivity contribution in [1.29, 1.82) is 5.26 Å². The van der Waals surface area contributed by atoms with Gasteiger partial charge in [0, 0.05) is 90.2 Å². The largest absolute Gasteiger partial charge is 0.508 e. The van der Waals surface area contributed by atoms with Crippen LogP contribution in [-0.4, -0.2) is 71.2 Å². The first-order chi connectivity index (χ1) is 31.2. The standard InChI is InChI=1S/C49H44ClN5O9S/c1-65(61,62)54-20-17-33(18-21-54)55-28-38(30-7-5-6-29(22-30)26-51)36-13-9-32(45(50)46(36)55)27-53-44(58)8-3-2-4-19-52-47(59)31-10-14-39-37(23-31)48(60)64-49(39)40-15-11-34(56)24-42(40)63-43-25-35(57)12-16-41(43)49/h5-7,9-16,22-25,28,33,56-57H,2-4,8,17-21,27H2,1H3,(H,52,59)(H,53,58). The highest BCUT2D eigenvalue weighted by atomic mass is 35.5. The summed E-state index contributed by atoms with van der Waals surface area (Å²) in [5, 5.41) is 37.2. The Hall–Kier alpha value is -6.86. The van der Waals surface area contributed by atoms with E-state index < -0.39 is 21.6 Å². The Morgan fingerprint density at radius 3 is 2.28 bits per heavy atom. The van der Waals surface area contributed by atoms with Gasteiger partial charge in [-0.3, -0.25) is 9.59 Å². The summed E-state index contributed by atoms with van der Waals surface area (Å²) in [6.07, 6.45) is 6.60. The molecule has 9 rings (SSSR count). The van der Waals surface area contributed by atoms with E-state index in [1.54, 1.807) is 30.3 Å². The topological polar surface area (TPSA) is 200 Å². The van der Waals surface area contributed by atoms with Crippen molar-refractivity contribution in [2.75, 3.05) is 25.9 Å². The fourth-order valence-electron chi connectivity index (χ4n) is 9.23. The van der Waals surface area contributed by atoms with E-state index >= 15 is 0 Å². The molecule has 1 spiro atoms. The van der Waals surface area contributed by atoms with Crippen LogP contribution in [0.25, 0.3) is 22.0 Å². The molecule has 2 amide bonds. The van der Waals surface area contributed by atoms with E-state index in [-0.39, 0.29) is 64.9 Å². The lowest BCUT2D eigenvalue weighted by atomic mass is 9.77. The summed E-state index contributed by atoms with van der Waals surface area (Å²) in [4.78, 5) is 39.8. The third-order valence-electron chi connectivity index (χ3n) is 12.5. The van der Waals surface area contributed by atoms with Gasteiger partial charge < -0.3 is 34.9 Å². The van der Waals surface area contributed by atoms with E-state index in [1.807, 2.05) is 36.5 Å². The van der Waals surface area contributed by atoms with Crippen LogP contribution in [0.1, 0.15) is 93.1 Å². The Bertz CT molecular complexity index is 3030. The number of nitriles is 1. The SMILES string of the molecule is CS(=O)(=O)N1CCC(n2cc(-c3cccc(C#N)c3)c3ccc(CNC(=O)CCCCCNC(=O)c4ccc5c(c4)C(=O)OC54c5ccc(O)cc5Oc5cc(O)ccc54)c(Cl)c32)CC1. The van der Waals surface area contributed by atoms with Crippen molar-refractivity contribution in [1.82, 2.24) is 19.5 Å². The van der Waals surface area contributed by atoms with Gasteiger partial charge in [0.25, 0.3) is 5.91 Å². The van der Waals surface area contributed by atoms with Crippen molar-refractivity contribution >= 4 is 50.3 Å². The van der Waals surface area contributed by atoms with Gasteiger partial charge >= 0.3 is 5.97 Å². The van der Waals surface area contributed by atoms with Crippen LogP contribution in [0.4, 0.5) is 0 Å². The van der Waals surface area contributed by atoms with Crippen LogP contribution in [0.15, 0.2) is 97.2 Å². The van der Waals surface area contributed by atoms with Crippen LogP contribution < -0.4 is 15.4 Å². The summed E-state index contributed by atoms with van der Waals surface area (Å²) in [7, 11) is -3.31. The molecule has 3 aliphatic rings. The summed E-state index contributed by atoms with van der Waals surface area (Å²) < 4.78 is 40.2. The number of phenolic OH excluding ortho intramolecular Hbond substituents is 2. The van der Waals surface area contributed by atoms with Crippen molar-refractivity contribution in [2.24, 2.45) is 0 Å². The molecule has 0 aliphatic carbocycles. The zero-order chi connectivity index (χ0) is 45.6. The van der Waals surface area contributed by atoms with Crippen LogP contribution in [0.5, 0.6) is 23.0 Å². The van der Waals surface area contributed by atoms with Crippen LogP contribution >= 0.6 is 11.6 Å². The molecule has 65 heavy (non-hydrogen) atoms. The third kappa shape index (κ3) is 8.13. The number of carbonyl (C=O) groups is 3. The molecule has 4 N–H and O–H groups in total. The Morgan fingerprint density at radius 1 is 0.877 bits per heavy atom. The molecule has 0 unspecified atom stereocenters. The van der Waals surface area contributed by atoms with Gasteiger partial charge in [-0.25, -0.2) is 17.5 Å². The number of ether oxygens (including phenoxy) is 2. The minimum Gasteiger partial charge on any atom is -0.508 e. The van der Waals surface area contributed by atoms with Crippen molar-refractivity contribution in [2.45, 2.75) is 56.7 Å². The molecule has 0 saturated carbocycles. The zero-order valence-corrected chi connectivity index (χ0v) is 36.8. The fourth-order valence-corrected chi connectivity index (χ4v) is 10.4. The van der Waals surface area contributed by atoms with E-state index in [9.17, 15) is 38.3 Å². The van der Waals surface area contributed by atoms with Crippen molar-refractivity contribution in [3.05, 3.63) is 141 Å². The number of halogens is 1. The highest BCUT2D eigenvalue weighted by Gasteiger charge is 2.54. The van der Waals surface area contributed by atoms with E-state index in [2.05, 4.69) is 21.3 Å². The number of unbranched alkanes of at least 4 members (excludes halogenated alkanes) is 2. The molecule has 6 aromatic rings. The average Bonchev–Trinajstić information content (AvgIpc) is 3.82. The van der Waals surface area contributed by atoms with Gasteiger partial charge in [0.1, 0.15) is 23.0 Å². The predicted molar refractivity (Wildman–Crippen MR) is 242 cm³/mol. The number of hydrogen-bond acceptors (Lipinski definition) is 10. The smallest absolute Gasteiger partial charge is 0.340 e. The maximum atomic E-state index is 13.5. The van der Waals surface area contributed by atoms with Crippen molar-refractivity contribution < 1.29 is 42.5 Å². The number of carbonyl (C=O) groups excluding carboxylic acids is 3. The number of hydrogen-bond donors (Lipinski definition) is 4. The quantitative estimate of drug-likeness (QED) is 0.0689. The number of rotatable bonds is 12. The van der Waals surface area contributed by atoms with E-state index in [1.165, 1.54) is 40.9 Å². The lowest BCUT2D eigenvalue weighted by molar-refractivity contribution is -0.121. The van der Waals surface area contributed by atoms with Crippen LogP contribution in [0, 0.1) is 11.3 Å². The first kappa shape index (κ1) is 43.4. The molecular formula is C49H44ClN5O9S. The molecule has 5 aromatic carbocycles. The number of fused-ring (bicyclic) bond motifs is 7. The minimum atomic E-state index is -3.31. The molecule has 3 aliphatic heterocycles. The fraction of sp³-hybridized carbons (Fsp3) is 0.265. The molecule has 0 bridgehead atoms. The molecular weight excluding hydrogens is 870 g/mol.